The average Bonchev–Trinajstić information content (AvgIpc) is 2.87. The van der Waals surface area contributed by atoms with Gasteiger partial charge in [0.2, 0.25) is 5.95 Å². The van der Waals surface area contributed by atoms with E-state index in [-0.39, 0.29) is 5.91 Å². The number of piperidine rings is 2. The summed E-state index contributed by atoms with van der Waals surface area (Å²) < 4.78 is 0.972. The van der Waals surface area contributed by atoms with Crippen molar-refractivity contribution >= 4 is 39.3 Å². The Morgan fingerprint density at radius 3 is 2.69 bits per heavy atom. The number of nitrogens with one attached hydrogen (secondary N) is 1. The van der Waals surface area contributed by atoms with Crippen LogP contribution in [0.1, 0.15) is 54.6 Å². The Kier molecular flexibility index (Phi) is 8.60. The molecule has 1 amide bonds. The van der Waals surface area contributed by atoms with Crippen molar-refractivity contribution in [1.82, 2.24) is 9.97 Å². The summed E-state index contributed by atoms with van der Waals surface area (Å²) in [5.41, 5.74) is 2.47. The standard InChI is InChI=1S/C28H36BrN5O/c1-4-6-8-22-12-15-33(16-13-22)25-18-23(29)10-11-24(25)27(35)31-26-17-20(3)30-28(32-26)34-14-7-9-21(5-2)19-34/h4-5,10-11,17-18,21-22H,1-2,6-9,12-16,19H2,3H3,(H,30,31,32,35). The van der Waals surface area contributed by atoms with Gasteiger partial charge in [-0.3, -0.25) is 4.79 Å². The number of anilines is 3. The molecule has 35 heavy (non-hydrogen) atoms. The molecule has 0 saturated carbocycles. The van der Waals surface area contributed by atoms with Gasteiger partial charge in [-0.25, -0.2) is 4.98 Å². The molecule has 1 aromatic heterocycles. The molecule has 2 aliphatic rings. The van der Waals surface area contributed by atoms with E-state index in [0.29, 0.717) is 23.2 Å². The maximum atomic E-state index is 13.4. The number of aromatic nitrogens is 2. The van der Waals surface area contributed by atoms with Crippen molar-refractivity contribution in [3.63, 3.8) is 0 Å². The Morgan fingerprint density at radius 1 is 1.14 bits per heavy atom. The van der Waals surface area contributed by atoms with Gasteiger partial charge in [0.15, 0.2) is 0 Å². The van der Waals surface area contributed by atoms with Crippen molar-refractivity contribution in [3.8, 4) is 0 Å². The Bertz CT molecular complexity index is 1060. The number of halogens is 1. The van der Waals surface area contributed by atoms with Gasteiger partial charge in [-0.2, -0.15) is 4.98 Å². The van der Waals surface area contributed by atoms with E-state index in [1.54, 1.807) is 0 Å². The zero-order valence-corrected chi connectivity index (χ0v) is 22.3. The van der Waals surface area contributed by atoms with E-state index in [0.717, 1.165) is 80.1 Å². The number of aryl methyl sites for hydroxylation is 1. The van der Waals surface area contributed by atoms with Crippen molar-refractivity contribution in [3.05, 3.63) is 65.3 Å². The molecule has 3 heterocycles. The maximum absolute atomic E-state index is 13.4. The van der Waals surface area contributed by atoms with Gasteiger partial charge in [0, 0.05) is 42.4 Å². The minimum absolute atomic E-state index is 0.145. The Hall–Kier alpha value is -2.67. The summed E-state index contributed by atoms with van der Waals surface area (Å²) in [5, 5.41) is 3.05. The maximum Gasteiger partial charge on any atom is 0.258 e. The number of nitrogens with zero attached hydrogens (tertiary/aromatic N) is 4. The largest absolute Gasteiger partial charge is 0.371 e. The molecule has 1 aromatic carbocycles. The van der Waals surface area contributed by atoms with Crippen LogP contribution >= 0.6 is 15.9 Å². The first-order chi connectivity index (χ1) is 17.0. The molecule has 2 aliphatic heterocycles. The first-order valence-corrected chi connectivity index (χ1v) is 13.5. The summed E-state index contributed by atoms with van der Waals surface area (Å²) in [7, 11) is 0. The number of hydrogen-bond acceptors (Lipinski definition) is 5. The number of amides is 1. The Morgan fingerprint density at radius 2 is 1.94 bits per heavy atom. The number of carbonyl (C=O) groups excluding carboxylic acids is 1. The second kappa shape index (κ2) is 11.8. The lowest BCUT2D eigenvalue weighted by atomic mass is 9.91. The second-order valence-electron chi connectivity index (χ2n) is 9.69. The zero-order valence-electron chi connectivity index (χ0n) is 20.7. The van der Waals surface area contributed by atoms with Crippen molar-refractivity contribution in [2.45, 2.75) is 45.4 Å². The van der Waals surface area contributed by atoms with Gasteiger partial charge in [0.25, 0.3) is 5.91 Å². The lowest BCUT2D eigenvalue weighted by Gasteiger charge is -2.34. The van der Waals surface area contributed by atoms with E-state index in [4.69, 9.17) is 4.98 Å². The third-order valence-electron chi connectivity index (χ3n) is 7.10. The molecule has 4 rings (SSSR count). The smallest absolute Gasteiger partial charge is 0.258 e. The zero-order chi connectivity index (χ0) is 24.8. The molecule has 7 heteroatoms. The van der Waals surface area contributed by atoms with E-state index in [2.05, 4.69) is 55.3 Å². The van der Waals surface area contributed by atoms with Gasteiger partial charge >= 0.3 is 0 Å². The van der Waals surface area contributed by atoms with Crippen molar-refractivity contribution < 1.29 is 4.79 Å². The van der Waals surface area contributed by atoms with Crippen LogP contribution in [0.4, 0.5) is 17.5 Å². The number of hydrogen-bond donors (Lipinski definition) is 1. The van der Waals surface area contributed by atoms with Crippen molar-refractivity contribution in [2.24, 2.45) is 11.8 Å². The molecule has 6 nitrogen and oxygen atoms in total. The highest BCUT2D eigenvalue weighted by molar-refractivity contribution is 9.10. The molecular weight excluding hydrogens is 502 g/mol. The van der Waals surface area contributed by atoms with Crippen LogP contribution in [0.25, 0.3) is 0 Å². The van der Waals surface area contributed by atoms with Crippen molar-refractivity contribution in [2.75, 3.05) is 41.3 Å². The fourth-order valence-electron chi connectivity index (χ4n) is 5.10. The van der Waals surface area contributed by atoms with Crippen LogP contribution in [0.5, 0.6) is 0 Å². The molecule has 0 aliphatic carbocycles. The van der Waals surface area contributed by atoms with Crippen LogP contribution in [0, 0.1) is 18.8 Å². The van der Waals surface area contributed by atoms with E-state index in [9.17, 15) is 4.79 Å². The van der Waals surface area contributed by atoms with Gasteiger partial charge in [0.05, 0.1) is 11.3 Å². The predicted molar refractivity (Wildman–Crippen MR) is 148 cm³/mol. The van der Waals surface area contributed by atoms with E-state index in [1.807, 2.05) is 37.3 Å². The molecule has 0 bridgehead atoms. The fourth-order valence-corrected chi connectivity index (χ4v) is 5.45. The van der Waals surface area contributed by atoms with E-state index in [1.165, 1.54) is 6.42 Å². The van der Waals surface area contributed by atoms with Gasteiger partial charge in [-0.1, -0.05) is 28.1 Å². The highest BCUT2D eigenvalue weighted by Crippen LogP contribution is 2.31. The fraction of sp³-hybridized carbons (Fsp3) is 0.464. The quantitative estimate of drug-likeness (QED) is 0.395. The molecule has 2 fully saturated rings. The topological polar surface area (TPSA) is 61.4 Å². The molecule has 0 spiro atoms. The molecule has 0 radical (unpaired) electrons. The average molecular weight is 539 g/mol. The monoisotopic (exact) mass is 537 g/mol. The summed E-state index contributed by atoms with van der Waals surface area (Å²) >= 11 is 3.60. The molecule has 2 aromatic rings. The highest BCUT2D eigenvalue weighted by atomic mass is 79.9. The molecular formula is C28H36BrN5O. The summed E-state index contributed by atoms with van der Waals surface area (Å²) in [6, 6.07) is 7.71. The predicted octanol–water partition coefficient (Wildman–Crippen LogP) is 6.38. The van der Waals surface area contributed by atoms with Crippen molar-refractivity contribution in [1.29, 1.82) is 0 Å². The number of allylic oxidation sites excluding steroid dienone is 1. The van der Waals surface area contributed by atoms with Crippen LogP contribution in [-0.2, 0) is 0 Å². The number of benzene rings is 1. The summed E-state index contributed by atoms with van der Waals surface area (Å²) in [6.45, 7) is 13.4. The van der Waals surface area contributed by atoms with Gasteiger partial charge < -0.3 is 15.1 Å². The molecule has 1 N–H and O–H groups in total. The summed E-state index contributed by atoms with van der Waals surface area (Å²) in [4.78, 5) is 27.3. The van der Waals surface area contributed by atoms with Gasteiger partial charge in [0.1, 0.15) is 5.82 Å². The minimum atomic E-state index is -0.145. The lowest BCUT2D eigenvalue weighted by molar-refractivity contribution is 0.102. The lowest BCUT2D eigenvalue weighted by Crippen LogP contribution is -2.36. The van der Waals surface area contributed by atoms with Crippen LogP contribution in [0.15, 0.2) is 54.0 Å². The van der Waals surface area contributed by atoms with Gasteiger partial charge in [-0.15, -0.1) is 13.2 Å². The van der Waals surface area contributed by atoms with Crippen LogP contribution in [0.2, 0.25) is 0 Å². The molecule has 1 atom stereocenters. The normalized spacial score (nSPS) is 18.9. The number of rotatable bonds is 8. The Labute approximate surface area is 217 Å². The highest BCUT2D eigenvalue weighted by Gasteiger charge is 2.24. The Balaban J connectivity index is 1.50. The summed E-state index contributed by atoms with van der Waals surface area (Å²) in [5.74, 6) is 2.23. The third kappa shape index (κ3) is 6.51. The first-order valence-electron chi connectivity index (χ1n) is 12.7. The SMILES string of the molecule is C=CCCC1CCN(c2cc(Br)ccc2C(=O)Nc2cc(C)nc(N3CCCC(C=C)C3)n2)CC1. The first kappa shape index (κ1) is 25.4. The third-order valence-corrected chi connectivity index (χ3v) is 7.59. The van der Waals surface area contributed by atoms with Crippen LogP contribution in [0.3, 0.4) is 0 Å². The molecule has 186 valence electrons. The van der Waals surface area contributed by atoms with Crippen LogP contribution in [-0.4, -0.2) is 42.1 Å². The second-order valence-corrected chi connectivity index (χ2v) is 10.6. The van der Waals surface area contributed by atoms with E-state index < -0.39 is 0 Å². The molecule has 1 unspecified atom stereocenters. The summed E-state index contributed by atoms with van der Waals surface area (Å²) in [6.07, 6.45) is 10.8. The van der Waals surface area contributed by atoms with Gasteiger partial charge in [-0.05, 0) is 75.5 Å². The number of carbonyl (C=O) groups is 1. The van der Waals surface area contributed by atoms with Crippen LogP contribution < -0.4 is 15.1 Å². The minimum Gasteiger partial charge on any atom is -0.371 e. The molecule has 2 saturated heterocycles. The van der Waals surface area contributed by atoms with E-state index >= 15 is 0 Å².